The number of nitrogens with one attached hydrogen (secondary N) is 2. The number of carbonyl (C=O) groups excluding carboxylic acids is 2. The van der Waals surface area contributed by atoms with Crippen molar-refractivity contribution in [3.05, 3.63) is 53.1 Å². The number of carbonyl (C=O) groups is 2. The van der Waals surface area contributed by atoms with Gasteiger partial charge in [0.1, 0.15) is 17.3 Å². The second-order valence-electron chi connectivity index (χ2n) is 4.99. The third-order valence-electron chi connectivity index (χ3n) is 3.31. The van der Waals surface area contributed by atoms with Gasteiger partial charge in [-0.25, -0.2) is 4.79 Å². The van der Waals surface area contributed by atoms with Gasteiger partial charge in [0.15, 0.2) is 0 Å². The van der Waals surface area contributed by atoms with Crippen LogP contribution in [0.15, 0.2) is 42.5 Å². The van der Waals surface area contributed by atoms with E-state index < -0.39 is 11.9 Å². The zero-order valence-corrected chi connectivity index (χ0v) is 13.1. The smallest absolute Gasteiger partial charge is 0.317 e. The average molecular weight is 345 g/mol. The fourth-order valence-corrected chi connectivity index (χ4v) is 2.48. The molecule has 7 nitrogen and oxygen atoms in total. The number of halogens is 1. The molecule has 2 aromatic carbocycles. The number of amides is 3. The lowest BCUT2D eigenvalue weighted by Gasteiger charge is -2.05. The fourth-order valence-electron chi connectivity index (χ4n) is 2.35. The number of primary amides is 2. The van der Waals surface area contributed by atoms with E-state index >= 15 is 0 Å². The highest BCUT2D eigenvalue weighted by atomic mass is 35.5. The lowest BCUT2D eigenvalue weighted by atomic mass is 10.1. The summed E-state index contributed by atoms with van der Waals surface area (Å²) in [4.78, 5) is 25.6. The first-order chi connectivity index (χ1) is 11.4. The third kappa shape index (κ3) is 3.11. The van der Waals surface area contributed by atoms with E-state index in [4.69, 9.17) is 27.8 Å². The molecule has 0 spiro atoms. The molecule has 0 unspecified atom stereocenters. The predicted octanol–water partition coefficient (Wildman–Crippen LogP) is 3.20. The number of anilines is 1. The Hall–Kier alpha value is -3.19. The number of nitrogens with two attached hydrogens (primary N) is 2. The molecule has 6 N–H and O–H groups in total. The molecule has 0 bridgehead atoms. The van der Waals surface area contributed by atoms with Gasteiger partial charge in [0, 0.05) is 16.5 Å². The Morgan fingerprint density at radius 3 is 2.33 bits per heavy atom. The number of ether oxygens (including phenoxy) is 1. The van der Waals surface area contributed by atoms with Gasteiger partial charge in [0.2, 0.25) is 0 Å². The Kier molecular flexibility index (Phi) is 4.01. The van der Waals surface area contributed by atoms with E-state index in [9.17, 15) is 9.59 Å². The quantitative estimate of drug-likeness (QED) is 0.581. The molecule has 3 aromatic rings. The van der Waals surface area contributed by atoms with Crippen LogP contribution in [0.1, 0.15) is 10.4 Å². The summed E-state index contributed by atoms with van der Waals surface area (Å²) in [7, 11) is 0. The zero-order valence-electron chi connectivity index (χ0n) is 12.3. The van der Waals surface area contributed by atoms with Crippen LogP contribution in [0, 0.1) is 0 Å². The van der Waals surface area contributed by atoms with Gasteiger partial charge in [0.05, 0.1) is 11.1 Å². The van der Waals surface area contributed by atoms with Crippen molar-refractivity contribution in [1.82, 2.24) is 4.98 Å². The molecule has 122 valence electrons. The van der Waals surface area contributed by atoms with Gasteiger partial charge in [-0.3, -0.25) is 10.1 Å². The molecule has 1 heterocycles. The minimum atomic E-state index is -0.804. The lowest BCUT2D eigenvalue weighted by Crippen LogP contribution is -2.22. The molecule has 0 atom stereocenters. The summed E-state index contributed by atoms with van der Waals surface area (Å²) in [5.74, 6) is 0.605. The molecule has 0 aliphatic rings. The molecule has 0 fully saturated rings. The SMILES string of the molecule is NC(=O)Nc1[nH]c2cc(Oc3ccc(Cl)cc3)ccc2c1C(N)=O. The van der Waals surface area contributed by atoms with Crippen LogP contribution in [0.3, 0.4) is 0 Å². The lowest BCUT2D eigenvalue weighted by molar-refractivity contribution is 0.100. The highest BCUT2D eigenvalue weighted by Gasteiger charge is 2.17. The Balaban J connectivity index is 2.00. The van der Waals surface area contributed by atoms with Crippen molar-refractivity contribution in [1.29, 1.82) is 0 Å². The number of aromatic amines is 1. The molecule has 1 aromatic heterocycles. The van der Waals surface area contributed by atoms with Crippen molar-refractivity contribution in [2.45, 2.75) is 0 Å². The first kappa shape index (κ1) is 15.7. The van der Waals surface area contributed by atoms with E-state index in [2.05, 4.69) is 10.3 Å². The van der Waals surface area contributed by atoms with Crippen LogP contribution >= 0.6 is 11.6 Å². The van der Waals surface area contributed by atoms with Crippen LogP contribution in [-0.2, 0) is 0 Å². The molecule has 24 heavy (non-hydrogen) atoms. The van der Waals surface area contributed by atoms with Crippen LogP contribution in [-0.4, -0.2) is 16.9 Å². The molecule has 0 aliphatic heterocycles. The Labute approximate surface area is 141 Å². The van der Waals surface area contributed by atoms with Crippen LogP contribution in [0.25, 0.3) is 10.9 Å². The minimum Gasteiger partial charge on any atom is -0.457 e. The van der Waals surface area contributed by atoms with Gasteiger partial charge in [0.25, 0.3) is 5.91 Å². The number of H-pyrrole nitrogens is 1. The number of aromatic nitrogens is 1. The third-order valence-corrected chi connectivity index (χ3v) is 3.57. The number of fused-ring (bicyclic) bond motifs is 1. The van der Waals surface area contributed by atoms with E-state index in [0.717, 1.165) is 0 Å². The van der Waals surface area contributed by atoms with Crippen molar-refractivity contribution in [3.63, 3.8) is 0 Å². The summed E-state index contributed by atoms with van der Waals surface area (Å²) in [6.45, 7) is 0. The Morgan fingerprint density at radius 1 is 1.04 bits per heavy atom. The molecule has 0 radical (unpaired) electrons. The maximum atomic E-state index is 11.7. The molecule has 0 saturated heterocycles. The summed E-state index contributed by atoms with van der Waals surface area (Å²) in [6, 6.07) is 11.1. The molecule has 3 rings (SSSR count). The second-order valence-corrected chi connectivity index (χ2v) is 5.43. The van der Waals surface area contributed by atoms with Crippen LogP contribution in [0.2, 0.25) is 5.02 Å². The van der Waals surface area contributed by atoms with E-state index in [1.807, 2.05) is 0 Å². The van der Waals surface area contributed by atoms with Crippen LogP contribution in [0.5, 0.6) is 11.5 Å². The molecule has 0 saturated carbocycles. The highest BCUT2D eigenvalue weighted by molar-refractivity contribution is 6.30. The topological polar surface area (TPSA) is 123 Å². The molecule has 8 heteroatoms. The summed E-state index contributed by atoms with van der Waals surface area (Å²) >= 11 is 5.84. The first-order valence-electron chi connectivity index (χ1n) is 6.89. The summed E-state index contributed by atoms with van der Waals surface area (Å²) in [6.07, 6.45) is 0. The summed E-state index contributed by atoms with van der Waals surface area (Å²) in [5.41, 5.74) is 11.2. The van der Waals surface area contributed by atoms with Crippen molar-refractivity contribution in [3.8, 4) is 11.5 Å². The fraction of sp³-hybridized carbons (Fsp3) is 0. The van der Waals surface area contributed by atoms with Crippen molar-refractivity contribution < 1.29 is 14.3 Å². The Morgan fingerprint density at radius 2 is 1.71 bits per heavy atom. The van der Waals surface area contributed by atoms with Gasteiger partial charge in [-0.15, -0.1) is 0 Å². The number of hydrogen-bond donors (Lipinski definition) is 4. The van der Waals surface area contributed by atoms with E-state index in [0.29, 0.717) is 27.4 Å². The Bertz CT molecular complexity index is 934. The van der Waals surface area contributed by atoms with Gasteiger partial charge in [-0.05, 0) is 36.4 Å². The molecule has 0 aliphatic carbocycles. The van der Waals surface area contributed by atoms with Crippen LogP contribution in [0.4, 0.5) is 10.6 Å². The average Bonchev–Trinajstić information content (AvgIpc) is 2.86. The van der Waals surface area contributed by atoms with Gasteiger partial charge >= 0.3 is 6.03 Å². The largest absolute Gasteiger partial charge is 0.457 e. The van der Waals surface area contributed by atoms with Gasteiger partial charge in [-0.1, -0.05) is 11.6 Å². The minimum absolute atomic E-state index is 0.147. The zero-order chi connectivity index (χ0) is 17.3. The summed E-state index contributed by atoms with van der Waals surface area (Å²) < 4.78 is 5.73. The van der Waals surface area contributed by atoms with Crippen molar-refractivity contribution in [2.75, 3.05) is 5.32 Å². The highest BCUT2D eigenvalue weighted by Crippen LogP contribution is 2.31. The second kappa shape index (κ2) is 6.13. The predicted molar refractivity (Wildman–Crippen MR) is 91.5 cm³/mol. The number of rotatable bonds is 4. The molecule has 3 amide bonds. The molecular formula is C16H13ClN4O3. The van der Waals surface area contributed by atoms with E-state index in [-0.39, 0.29) is 11.4 Å². The van der Waals surface area contributed by atoms with Crippen molar-refractivity contribution >= 4 is 40.3 Å². The number of urea groups is 1. The van der Waals surface area contributed by atoms with Gasteiger partial charge in [-0.2, -0.15) is 0 Å². The maximum Gasteiger partial charge on any atom is 0.317 e. The molecular weight excluding hydrogens is 332 g/mol. The van der Waals surface area contributed by atoms with Gasteiger partial charge < -0.3 is 21.2 Å². The van der Waals surface area contributed by atoms with E-state index in [1.165, 1.54) is 0 Å². The number of hydrogen-bond acceptors (Lipinski definition) is 3. The standard InChI is InChI=1S/C16H13ClN4O3/c17-8-1-3-9(4-2-8)24-10-5-6-11-12(7-10)20-15(21-16(19)23)13(11)14(18)22/h1-7,20H,(H2,18,22)(H3,19,21,23). The maximum absolute atomic E-state index is 11.7. The number of benzene rings is 2. The first-order valence-corrected chi connectivity index (χ1v) is 7.27. The summed E-state index contributed by atoms with van der Waals surface area (Å²) in [5, 5.41) is 3.50. The van der Waals surface area contributed by atoms with Crippen LogP contribution < -0.4 is 21.5 Å². The van der Waals surface area contributed by atoms with E-state index in [1.54, 1.807) is 42.5 Å². The van der Waals surface area contributed by atoms with Crippen molar-refractivity contribution in [2.24, 2.45) is 11.5 Å². The normalized spacial score (nSPS) is 10.5. The monoisotopic (exact) mass is 344 g/mol.